The fraction of sp³-hybridized carbons (Fsp3) is 0.444. The van der Waals surface area contributed by atoms with Gasteiger partial charge in [-0.3, -0.25) is 19.3 Å². The van der Waals surface area contributed by atoms with Gasteiger partial charge < -0.3 is 25.0 Å². The zero-order valence-electron chi connectivity index (χ0n) is 20.9. The van der Waals surface area contributed by atoms with Gasteiger partial charge in [0.2, 0.25) is 11.8 Å². The molecule has 0 saturated carbocycles. The first-order valence-corrected chi connectivity index (χ1v) is 12.4. The topological polar surface area (TPSA) is 100 Å². The predicted octanol–water partition coefficient (Wildman–Crippen LogP) is 2.12. The van der Waals surface area contributed by atoms with Crippen LogP contribution in [-0.2, 0) is 19.1 Å². The number of aryl methyl sites for hydroxylation is 2. The van der Waals surface area contributed by atoms with E-state index in [4.69, 9.17) is 9.47 Å². The Bertz CT molecular complexity index is 1080. The van der Waals surface area contributed by atoms with Gasteiger partial charge in [0.1, 0.15) is 5.75 Å². The Morgan fingerprint density at radius 1 is 1.08 bits per heavy atom. The summed E-state index contributed by atoms with van der Waals surface area (Å²) >= 11 is 0. The molecule has 4 rings (SSSR count). The van der Waals surface area contributed by atoms with Gasteiger partial charge in [-0.15, -0.1) is 0 Å². The first-order chi connectivity index (χ1) is 17.4. The lowest BCUT2D eigenvalue weighted by Gasteiger charge is -2.26. The fourth-order valence-corrected chi connectivity index (χ4v) is 4.37. The van der Waals surface area contributed by atoms with Crippen LogP contribution in [0.15, 0.2) is 42.5 Å². The minimum atomic E-state index is -0.369. The number of nitrogens with zero attached hydrogens (tertiary/aromatic N) is 2. The third kappa shape index (κ3) is 6.83. The van der Waals surface area contributed by atoms with Crippen molar-refractivity contribution in [1.29, 1.82) is 0 Å². The molecule has 36 heavy (non-hydrogen) atoms. The lowest BCUT2D eigenvalue weighted by atomic mass is 10.1. The Morgan fingerprint density at radius 2 is 1.83 bits per heavy atom. The Kier molecular flexibility index (Phi) is 8.56. The van der Waals surface area contributed by atoms with E-state index < -0.39 is 0 Å². The van der Waals surface area contributed by atoms with Crippen molar-refractivity contribution in [1.82, 2.24) is 10.2 Å². The molecule has 2 N–H and O–H groups in total. The number of rotatable bonds is 9. The molecule has 0 aliphatic carbocycles. The summed E-state index contributed by atoms with van der Waals surface area (Å²) in [4.78, 5) is 41.4. The van der Waals surface area contributed by atoms with Crippen LogP contribution in [-0.4, -0.2) is 75.2 Å². The van der Waals surface area contributed by atoms with Gasteiger partial charge in [0, 0.05) is 50.5 Å². The molecule has 2 fully saturated rings. The quantitative estimate of drug-likeness (QED) is 0.554. The monoisotopic (exact) mass is 494 g/mol. The molecule has 2 aromatic rings. The second-order valence-electron chi connectivity index (χ2n) is 9.30. The van der Waals surface area contributed by atoms with E-state index in [9.17, 15) is 14.4 Å². The van der Waals surface area contributed by atoms with Crippen molar-refractivity contribution in [2.75, 3.05) is 62.8 Å². The molecule has 9 nitrogen and oxygen atoms in total. The lowest BCUT2D eigenvalue weighted by molar-refractivity contribution is -0.126. The number of nitrogens with one attached hydrogen (secondary N) is 2. The van der Waals surface area contributed by atoms with Crippen LogP contribution in [0.4, 0.5) is 11.4 Å². The normalized spacial score (nSPS) is 18.2. The standard InChI is InChI=1S/C27H34N4O5/c1-19-3-4-20(2)24(15-19)29-25(32)18-36-23-7-5-22(6-8-23)31-17-21(16-26(31)33)27(34)28-9-10-30-11-13-35-14-12-30/h3-8,15,21H,9-14,16-18H2,1-2H3,(H,28,34)(H,29,32)/t21-/m1/s1. The van der Waals surface area contributed by atoms with Crippen LogP contribution in [0.1, 0.15) is 17.5 Å². The molecule has 1 atom stereocenters. The summed E-state index contributed by atoms with van der Waals surface area (Å²) in [6, 6.07) is 12.9. The molecule has 2 aliphatic heterocycles. The van der Waals surface area contributed by atoms with E-state index in [2.05, 4.69) is 15.5 Å². The molecule has 2 aliphatic rings. The SMILES string of the molecule is Cc1ccc(C)c(NC(=O)COc2ccc(N3C[C@H](C(=O)NCCN4CCOCC4)CC3=O)cc2)c1. The Hall–Kier alpha value is -3.43. The first kappa shape index (κ1) is 25.7. The molecule has 0 spiro atoms. The summed E-state index contributed by atoms with van der Waals surface area (Å²) in [5.41, 5.74) is 3.52. The van der Waals surface area contributed by atoms with Crippen molar-refractivity contribution < 1.29 is 23.9 Å². The van der Waals surface area contributed by atoms with Crippen molar-refractivity contribution in [2.24, 2.45) is 5.92 Å². The Morgan fingerprint density at radius 3 is 2.58 bits per heavy atom. The zero-order valence-corrected chi connectivity index (χ0v) is 20.9. The van der Waals surface area contributed by atoms with E-state index in [0.717, 1.165) is 49.7 Å². The highest BCUT2D eigenvalue weighted by atomic mass is 16.5. The number of carbonyl (C=O) groups is 3. The van der Waals surface area contributed by atoms with E-state index >= 15 is 0 Å². The first-order valence-electron chi connectivity index (χ1n) is 12.4. The second kappa shape index (κ2) is 12.0. The van der Waals surface area contributed by atoms with Crippen molar-refractivity contribution in [3.63, 3.8) is 0 Å². The number of hydrogen-bond donors (Lipinski definition) is 2. The van der Waals surface area contributed by atoms with Crippen LogP contribution in [0.25, 0.3) is 0 Å². The summed E-state index contributed by atoms with van der Waals surface area (Å²) in [5, 5.41) is 5.84. The molecule has 3 amide bonds. The largest absolute Gasteiger partial charge is 0.484 e. The van der Waals surface area contributed by atoms with Crippen molar-refractivity contribution >= 4 is 29.1 Å². The molecule has 2 saturated heterocycles. The van der Waals surface area contributed by atoms with Gasteiger partial charge >= 0.3 is 0 Å². The number of hydrogen-bond acceptors (Lipinski definition) is 6. The second-order valence-corrected chi connectivity index (χ2v) is 9.30. The van der Waals surface area contributed by atoms with E-state index in [1.807, 2.05) is 32.0 Å². The maximum Gasteiger partial charge on any atom is 0.262 e. The van der Waals surface area contributed by atoms with Gasteiger partial charge in [-0.25, -0.2) is 0 Å². The van der Waals surface area contributed by atoms with E-state index in [1.165, 1.54) is 0 Å². The minimum Gasteiger partial charge on any atom is -0.484 e. The highest BCUT2D eigenvalue weighted by Crippen LogP contribution is 2.27. The van der Waals surface area contributed by atoms with Crippen molar-refractivity contribution in [3.8, 4) is 5.75 Å². The van der Waals surface area contributed by atoms with Crippen LogP contribution in [0, 0.1) is 19.8 Å². The summed E-state index contributed by atoms with van der Waals surface area (Å²) in [6.45, 7) is 8.69. The van der Waals surface area contributed by atoms with Gasteiger partial charge in [0.25, 0.3) is 5.91 Å². The van der Waals surface area contributed by atoms with E-state index in [0.29, 0.717) is 24.5 Å². The predicted molar refractivity (Wildman–Crippen MR) is 137 cm³/mol. The molecule has 0 radical (unpaired) electrons. The molecule has 192 valence electrons. The van der Waals surface area contributed by atoms with E-state index in [-0.39, 0.29) is 36.7 Å². The molecule has 0 unspecified atom stereocenters. The molecule has 9 heteroatoms. The number of benzene rings is 2. The summed E-state index contributed by atoms with van der Waals surface area (Å²) in [7, 11) is 0. The number of anilines is 2. The van der Waals surface area contributed by atoms with Crippen molar-refractivity contribution in [2.45, 2.75) is 20.3 Å². The van der Waals surface area contributed by atoms with Crippen molar-refractivity contribution in [3.05, 3.63) is 53.6 Å². The Labute approximate surface area is 211 Å². The smallest absolute Gasteiger partial charge is 0.262 e. The summed E-state index contributed by atoms with van der Waals surface area (Å²) in [5.74, 6) is -0.255. The van der Waals surface area contributed by atoms with Crippen LogP contribution >= 0.6 is 0 Å². The summed E-state index contributed by atoms with van der Waals surface area (Å²) < 4.78 is 11.0. The third-order valence-corrected chi connectivity index (χ3v) is 6.51. The molecule has 0 bridgehead atoms. The third-order valence-electron chi connectivity index (χ3n) is 6.51. The zero-order chi connectivity index (χ0) is 25.5. The highest BCUT2D eigenvalue weighted by Gasteiger charge is 2.35. The maximum atomic E-state index is 12.6. The highest BCUT2D eigenvalue weighted by molar-refractivity contribution is 6.00. The van der Waals surface area contributed by atoms with Crippen LogP contribution in [0.5, 0.6) is 5.75 Å². The number of ether oxygens (including phenoxy) is 2. The summed E-state index contributed by atoms with van der Waals surface area (Å²) in [6.07, 6.45) is 0.195. The van der Waals surface area contributed by atoms with Crippen LogP contribution in [0.2, 0.25) is 0 Å². The van der Waals surface area contributed by atoms with Gasteiger partial charge in [-0.1, -0.05) is 12.1 Å². The minimum absolute atomic E-state index is 0.0788. The molecule has 2 aromatic carbocycles. The average Bonchev–Trinajstić information content (AvgIpc) is 3.27. The number of carbonyl (C=O) groups excluding carboxylic acids is 3. The molecular formula is C27H34N4O5. The number of amides is 3. The lowest BCUT2D eigenvalue weighted by Crippen LogP contribution is -2.42. The van der Waals surface area contributed by atoms with Gasteiger partial charge in [0.05, 0.1) is 19.1 Å². The van der Waals surface area contributed by atoms with Gasteiger partial charge in [-0.05, 0) is 55.3 Å². The van der Waals surface area contributed by atoms with Gasteiger partial charge in [-0.2, -0.15) is 0 Å². The fourth-order valence-electron chi connectivity index (χ4n) is 4.37. The van der Waals surface area contributed by atoms with E-state index in [1.54, 1.807) is 29.2 Å². The maximum absolute atomic E-state index is 12.6. The van der Waals surface area contributed by atoms with Crippen LogP contribution in [0.3, 0.4) is 0 Å². The molecular weight excluding hydrogens is 460 g/mol. The Balaban J connectivity index is 1.23. The average molecular weight is 495 g/mol. The molecule has 2 heterocycles. The van der Waals surface area contributed by atoms with Gasteiger partial charge in [0.15, 0.2) is 6.61 Å². The number of morpholine rings is 1. The molecule has 0 aromatic heterocycles. The van der Waals surface area contributed by atoms with Crippen LogP contribution < -0.4 is 20.3 Å².